The van der Waals surface area contributed by atoms with Crippen LogP contribution in [0.25, 0.3) is 0 Å². The summed E-state index contributed by atoms with van der Waals surface area (Å²) in [5, 5.41) is 12.5. The van der Waals surface area contributed by atoms with Gasteiger partial charge in [-0.1, -0.05) is 19.3 Å². The number of nitrogens with one attached hydrogen (secondary N) is 1. The molecule has 1 aliphatic carbocycles. The number of carbonyl (C=O) groups is 1. The summed E-state index contributed by atoms with van der Waals surface area (Å²) < 4.78 is 0. The van der Waals surface area contributed by atoms with Gasteiger partial charge in [-0.2, -0.15) is 0 Å². The molecule has 1 saturated carbocycles. The van der Waals surface area contributed by atoms with Crippen LogP contribution in [-0.2, 0) is 4.79 Å². The fraction of sp³-hybridized carbons (Fsp3) is 0.929. The minimum atomic E-state index is -0.156. The SMILES string of the molecule is NCCCCCCC(=O)NCC1CCCC(O)C1. The summed E-state index contributed by atoms with van der Waals surface area (Å²) in [6, 6.07) is 0. The Morgan fingerprint density at radius 2 is 2.00 bits per heavy atom. The lowest BCUT2D eigenvalue weighted by Gasteiger charge is -2.25. The molecule has 1 rings (SSSR count). The highest BCUT2D eigenvalue weighted by atomic mass is 16.3. The highest BCUT2D eigenvalue weighted by Gasteiger charge is 2.20. The first-order chi connectivity index (χ1) is 8.72. The van der Waals surface area contributed by atoms with E-state index in [0.717, 1.165) is 64.5 Å². The van der Waals surface area contributed by atoms with Crippen molar-refractivity contribution in [1.29, 1.82) is 0 Å². The zero-order valence-corrected chi connectivity index (χ0v) is 11.4. The molecular formula is C14H28N2O2. The van der Waals surface area contributed by atoms with Crippen molar-refractivity contribution >= 4 is 5.91 Å². The van der Waals surface area contributed by atoms with Crippen molar-refractivity contribution in [3.05, 3.63) is 0 Å². The average molecular weight is 256 g/mol. The fourth-order valence-electron chi connectivity index (χ4n) is 2.58. The van der Waals surface area contributed by atoms with Crippen molar-refractivity contribution in [2.75, 3.05) is 13.1 Å². The van der Waals surface area contributed by atoms with Gasteiger partial charge in [-0.05, 0) is 44.6 Å². The highest BCUT2D eigenvalue weighted by Crippen LogP contribution is 2.23. The van der Waals surface area contributed by atoms with Crippen LogP contribution < -0.4 is 11.1 Å². The molecule has 18 heavy (non-hydrogen) atoms. The van der Waals surface area contributed by atoms with Gasteiger partial charge >= 0.3 is 0 Å². The van der Waals surface area contributed by atoms with Gasteiger partial charge in [0.25, 0.3) is 0 Å². The van der Waals surface area contributed by atoms with Crippen molar-refractivity contribution in [3.63, 3.8) is 0 Å². The van der Waals surface area contributed by atoms with E-state index in [1.54, 1.807) is 0 Å². The summed E-state index contributed by atoms with van der Waals surface area (Å²) in [6.45, 7) is 1.48. The molecule has 0 bridgehead atoms. The van der Waals surface area contributed by atoms with Crippen molar-refractivity contribution in [2.24, 2.45) is 11.7 Å². The van der Waals surface area contributed by atoms with Crippen molar-refractivity contribution in [3.8, 4) is 0 Å². The van der Waals surface area contributed by atoms with Gasteiger partial charge in [0.2, 0.25) is 5.91 Å². The summed E-state index contributed by atoms with van der Waals surface area (Å²) in [5.41, 5.74) is 5.41. The number of hydrogen-bond donors (Lipinski definition) is 3. The van der Waals surface area contributed by atoms with E-state index in [9.17, 15) is 9.90 Å². The molecule has 0 heterocycles. The van der Waals surface area contributed by atoms with Crippen LogP contribution in [0.3, 0.4) is 0 Å². The lowest BCUT2D eigenvalue weighted by atomic mass is 9.87. The highest BCUT2D eigenvalue weighted by molar-refractivity contribution is 5.75. The Hall–Kier alpha value is -0.610. The van der Waals surface area contributed by atoms with Crippen LogP contribution in [0.15, 0.2) is 0 Å². The Balaban J connectivity index is 1.99. The molecule has 0 aromatic heterocycles. The van der Waals surface area contributed by atoms with Gasteiger partial charge < -0.3 is 16.2 Å². The lowest BCUT2D eigenvalue weighted by molar-refractivity contribution is -0.121. The third kappa shape index (κ3) is 6.97. The van der Waals surface area contributed by atoms with Crippen molar-refractivity contribution in [2.45, 2.75) is 63.9 Å². The molecule has 4 nitrogen and oxygen atoms in total. The number of aliphatic hydroxyl groups is 1. The number of aliphatic hydroxyl groups excluding tert-OH is 1. The van der Waals surface area contributed by atoms with Gasteiger partial charge in [0.1, 0.15) is 0 Å². The molecule has 2 atom stereocenters. The average Bonchev–Trinajstić information content (AvgIpc) is 2.36. The quantitative estimate of drug-likeness (QED) is 0.577. The van der Waals surface area contributed by atoms with Gasteiger partial charge in [-0.25, -0.2) is 0 Å². The standard InChI is InChI=1S/C14H28N2O2/c15-9-4-2-1-3-8-14(18)16-11-12-6-5-7-13(17)10-12/h12-13,17H,1-11,15H2,(H,16,18). The maximum Gasteiger partial charge on any atom is 0.220 e. The first-order valence-corrected chi connectivity index (χ1v) is 7.37. The molecule has 0 aliphatic heterocycles. The summed E-state index contributed by atoms with van der Waals surface area (Å²) in [7, 11) is 0. The van der Waals surface area contributed by atoms with E-state index in [0.29, 0.717) is 12.3 Å². The second-order valence-corrected chi connectivity index (χ2v) is 5.44. The zero-order valence-electron chi connectivity index (χ0n) is 11.4. The Labute approximate surface area is 110 Å². The minimum absolute atomic E-state index is 0.155. The summed E-state index contributed by atoms with van der Waals surface area (Å²) in [6.07, 6.45) is 8.68. The second kappa shape index (κ2) is 9.34. The number of amides is 1. The van der Waals surface area contributed by atoms with Gasteiger partial charge in [0.15, 0.2) is 0 Å². The van der Waals surface area contributed by atoms with E-state index in [-0.39, 0.29) is 12.0 Å². The topological polar surface area (TPSA) is 75.4 Å². The largest absolute Gasteiger partial charge is 0.393 e. The monoisotopic (exact) mass is 256 g/mol. The number of nitrogens with two attached hydrogens (primary N) is 1. The van der Waals surface area contributed by atoms with Crippen LogP contribution in [-0.4, -0.2) is 30.2 Å². The predicted octanol–water partition coefficient (Wildman–Crippen LogP) is 1.56. The summed E-state index contributed by atoms with van der Waals surface area (Å²) in [5.74, 6) is 0.623. The first kappa shape index (κ1) is 15.4. The van der Waals surface area contributed by atoms with Crippen LogP contribution in [0.4, 0.5) is 0 Å². The smallest absolute Gasteiger partial charge is 0.220 e. The molecule has 0 radical (unpaired) electrons. The van der Waals surface area contributed by atoms with Crippen LogP contribution in [0.5, 0.6) is 0 Å². The molecule has 0 aromatic rings. The maximum atomic E-state index is 11.6. The molecule has 0 saturated heterocycles. The van der Waals surface area contributed by atoms with Gasteiger partial charge in [-0.15, -0.1) is 0 Å². The van der Waals surface area contributed by atoms with E-state index in [2.05, 4.69) is 5.32 Å². The van der Waals surface area contributed by atoms with E-state index < -0.39 is 0 Å². The third-order valence-electron chi connectivity index (χ3n) is 3.70. The summed E-state index contributed by atoms with van der Waals surface area (Å²) in [4.78, 5) is 11.6. The Morgan fingerprint density at radius 3 is 2.72 bits per heavy atom. The second-order valence-electron chi connectivity index (χ2n) is 5.44. The molecule has 4 N–H and O–H groups in total. The molecule has 1 amide bonds. The molecule has 2 unspecified atom stereocenters. The van der Waals surface area contributed by atoms with Crippen molar-refractivity contribution < 1.29 is 9.90 Å². The molecule has 4 heteroatoms. The van der Waals surface area contributed by atoms with Gasteiger partial charge in [-0.3, -0.25) is 4.79 Å². The first-order valence-electron chi connectivity index (χ1n) is 7.37. The van der Waals surface area contributed by atoms with E-state index in [4.69, 9.17) is 5.73 Å². The fourth-order valence-corrected chi connectivity index (χ4v) is 2.58. The number of rotatable bonds is 8. The van der Waals surface area contributed by atoms with Crippen molar-refractivity contribution in [1.82, 2.24) is 5.32 Å². The maximum absolute atomic E-state index is 11.6. The van der Waals surface area contributed by atoms with E-state index in [1.165, 1.54) is 0 Å². The molecular weight excluding hydrogens is 228 g/mol. The van der Waals surface area contributed by atoms with E-state index in [1.807, 2.05) is 0 Å². The van der Waals surface area contributed by atoms with Crippen LogP contribution in [0.1, 0.15) is 57.8 Å². The van der Waals surface area contributed by atoms with Crippen LogP contribution in [0, 0.1) is 5.92 Å². The van der Waals surface area contributed by atoms with Crippen LogP contribution in [0.2, 0.25) is 0 Å². The third-order valence-corrected chi connectivity index (χ3v) is 3.70. The number of unbranched alkanes of at least 4 members (excludes halogenated alkanes) is 3. The molecule has 1 fully saturated rings. The van der Waals surface area contributed by atoms with Gasteiger partial charge in [0, 0.05) is 13.0 Å². The molecule has 106 valence electrons. The predicted molar refractivity (Wildman–Crippen MR) is 73.1 cm³/mol. The normalized spacial score (nSPS) is 23.9. The summed E-state index contributed by atoms with van der Waals surface area (Å²) >= 11 is 0. The van der Waals surface area contributed by atoms with Gasteiger partial charge in [0.05, 0.1) is 6.10 Å². The number of hydrogen-bond acceptors (Lipinski definition) is 3. The molecule has 1 aliphatic rings. The molecule has 0 aromatic carbocycles. The number of carbonyl (C=O) groups excluding carboxylic acids is 1. The van der Waals surface area contributed by atoms with Crippen LogP contribution >= 0.6 is 0 Å². The molecule has 0 spiro atoms. The Morgan fingerprint density at radius 1 is 1.22 bits per heavy atom. The van der Waals surface area contributed by atoms with E-state index >= 15 is 0 Å². The Kier molecular flexibility index (Phi) is 8.01. The Bertz CT molecular complexity index is 234. The lowest BCUT2D eigenvalue weighted by Crippen LogP contribution is -2.32. The minimum Gasteiger partial charge on any atom is -0.393 e. The zero-order chi connectivity index (χ0) is 13.2.